The van der Waals surface area contributed by atoms with Gasteiger partial charge in [0.15, 0.2) is 0 Å². The summed E-state index contributed by atoms with van der Waals surface area (Å²) in [6, 6.07) is 8.11. The lowest BCUT2D eigenvalue weighted by Crippen LogP contribution is -2.28. The standard InChI is InChI=1S/C19H24N4O2S/c1-3-4-5-16-21-22-19(26-16)20-18(25)15-10-17(24)23(12-15)11-14-8-6-13(2)7-9-14/h6-9,15H,3-5,10-12H2,1-2H3,(H,20,22,25). The number of nitrogens with zero attached hydrogens (tertiary/aromatic N) is 3. The Kier molecular flexibility index (Phi) is 5.98. The van der Waals surface area contributed by atoms with Crippen LogP contribution in [0.5, 0.6) is 0 Å². The molecule has 1 aromatic heterocycles. The van der Waals surface area contributed by atoms with Crippen molar-refractivity contribution in [3.05, 3.63) is 40.4 Å². The van der Waals surface area contributed by atoms with Crippen molar-refractivity contribution < 1.29 is 9.59 Å². The van der Waals surface area contributed by atoms with Crippen molar-refractivity contribution >= 4 is 28.3 Å². The Hall–Kier alpha value is -2.28. The third kappa shape index (κ3) is 4.66. The van der Waals surface area contributed by atoms with Gasteiger partial charge in [-0.05, 0) is 18.9 Å². The number of likely N-dealkylation sites (tertiary alicyclic amines) is 1. The SMILES string of the molecule is CCCCc1nnc(NC(=O)C2CC(=O)N(Cc3ccc(C)cc3)C2)s1. The maximum Gasteiger partial charge on any atom is 0.231 e. The molecule has 0 bridgehead atoms. The molecular formula is C19H24N4O2S. The molecular weight excluding hydrogens is 348 g/mol. The smallest absolute Gasteiger partial charge is 0.231 e. The highest BCUT2D eigenvalue weighted by molar-refractivity contribution is 7.15. The van der Waals surface area contributed by atoms with Crippen LogP contribution in [0.2, 0.25) is 0 Å². The highest BCUT2D eigenvalue weighted by Gasteiger charge is 2.34. The fraction of sp³-hybridized carbons (Fsp3) is 0.474. The molecule has 1 aliphatic rings. The summed E-state index contributed by atoms with van der Waals surface area (Å²) in [5.41, 5.74) is 2.27. The summed E-state index contributed by atoms with van der Waals surface area (Å²) in [5.74, 6) is -0.467. The molecule has 0 saturated carbocycles. The fourth-order valence-electron chi connectivity index (χ4n) is 2.96. The van der Waals surface area contributed by atoms with Crippen molar-refractivity contribution in [3.8, 4) is 0 Å². The molecule has 1 unspecified atom stereocenters. The molecule has 2 amide bonds. The molecule has 138 valence electrons. The number of carbonyl (C=O) groups is 2. The van der Waals surface area contributed by atoms with E-state index in [9.17, 15) is 9.59 Å². The first kappa shape index (κ1) is 18.5. The molecule has 1 saturated heterocycles. The summed E-state index contributed by atoms with van der Waals surface area (Å²) in [7, 11) is 0. The lowest BCUT2D eigenvalue weighted by atomic mass is 10.1. The van der Waals surface area contributed by atoms with E-state index in [2.05, 4.69) is 22.4 Å². The number of aromatic nitrogens is 2. The van der Waals surface area contributed by atoms with E-state index in [-0.39, 0.29) is 24.2 Å². The first-order valence-electron chi connectivity index (χ1n) is 9.01. The van der Waals surface area contributed by atoms with Gasteiger partial charge in [0.2, 0.25) is 16.9 Å². The zero-order valence-electron chi connectivity index (χ0n) is 15.2. The van der Waals surface area contributed by atoms with Crippen LogP contribution in [0.4, 0.5) is 5.13 Å². The predicted octanol–water partition coefficient (Wildman–Crippen LogP) is 3.18. The van der Waals surface area contributed by atoms with E-state index >= 15 is 0 Å². The van der Waals surface area contributed by atoms with Gasteiger partial charge in [0, 0.05) is 25.9 Å². The number of hydrogen-bond acceptors (Lipinski definition) is 5. The number of hydrogen-bond donors (Lipinski definition) is 1. The van der Waals surface area contributed by atoms with Gasteiger partial charge in [-0.3, -0.25) is 9.59 Å². The van der Waals surface area contributed by atoms with Crippen LogP contribution in [-0.2, 0) is 22.6 Å². The first-order chi connectivity index (χ1) is 12.5. The van der Waals surface area contributed by atoms with E-state index in [0.717, 1.165) is 29.8 Å². The topological polar surface area (TPSA) is 75.2 Å². The van der Waals surface area contributed by atoms with E-state index in [1.165, 1.54) is 16.9 Å². The molecule has 26 heavy (non-hydrogen) atoms. The Bertz CT molecular complexity index is 772. The summed E-state index contributed by atoms with van der Waals surface area (Å²) in [6.07, 6.45) is 3.30. The van der Waals surface area contributed by atoms with E-state index in [1.54, 1.807) is 4.90 Å². The van der Waals surface area contributed by atoms with Crippen LogP contribution < -0.4 is 5.32 Å². The zero-order valence-corrected chi connectivity index (χ0v) is 16.0. The Labute approximate surface area is 157 Å². The van der Waals surface area contributed by atoms with Gasteiger partial charge in [-0.15, -0.1) is 10.2 Å². The second-order valence-electron chi connectivity index (χ2n) is 6.75. The van der Waals surface area contributed by atoms with E-state index in [0.29, 0.717) is 18.2 Å². The molecule has 7 heteroatoms. The normalized spacial score (nSPS) is 16.9. The van der Waals surface area contributed by atoms with Gasteiger partial charge >= 0.3 is 0 Å². The summed E-state index contributed by atoms with van der Waals surface area (Å²) < 4.78 is 0. The molecule has 1 atom stereocenters. The molecule has 1 N–H and O–H groups in total. The molecule has 1 aliphatic heterocycles. The second kappa shape index (κ2) is 8.40. The van der Waals surface area contributed by atoms with Crippen LogP contribution in [0.3, 0.4) is 0 Å². The van der Waals surface area contributed by atoms with Gasteiger partial charge in [-0.1, -0.05) is 54.5 Å². The number of rotatable bonds is 7. The average molecular weight is 372 g/mol. The summed E-state index contributed by atoms with van der Waals surface area (Å²) in [5, 5.41) is 12.4. The van der Waals surface area contributed by atoms with Crippen LogP contribution in [0.15, 0.2) is 24.3 Å². The van der Waals surface area contributed by atoms with Crippen molar-refractivity contribution in [1.29, 1.82) is 0 Å². The summed E-state index contributed by atoms with van der Waals surface area (Å²) in [6.45, 7) is 5.15. The average Bonchev–Trinajstić information content (AvgIpc) is 3.22. The fourth-order valence-corrected chi connectivity index (χ4v) is 3.74. The van der Waals surface area contributed by atoms with Gasteiger partial charge in [-0.25, -0.2) is 0 Å². The Morgan fingerprint density at radius 3 is 2.81 bits per heavy atom. The van der Waals surface area contributed by atoms with Crippen LogP contribution >= 0.6 is 11.3 Å². The maximum atomic E-state index is 12.5. The number of aryl methyl sites for hydroxylation is 2. The highest BCUT2D eigenvalue weighted by Crippen LogP contribution is 2.23. The van der Waals surface area contributed by atoms with Crippen LogP contribution in [-0.4, -0.2) is 33.5 Å². The van der Waals surface area contributed by atoms with Gasteiger partial charge in [0.1, 0.15) is 5.01 Å². The molecule has 0 spiro atoms. The van der Waals surface area contributed by atoms with E-state index in [1.807, 2.05) is 31.2 Å². The summed E-state index contributed by atoms with van der Waals surface area (Å²) in [4.78, 5) is 26.5. The van der Waals surface area contributed by atoms with E-state index < -0.39 is 0 Å². The Balaban J connectivity index is 1.54. The minimum absolute atomic E-state index is 0.0200. The number of anilines is 1. The largest absolute Gasteiger partial charge is 0.338 e. The van der Waals surface area contributed by atoms with Gasteiger partial charge in [-0.2, -0.15) is 0 Å². The maximum absolute atomic E-state index is 12.5. The van der Waals surface area contributed by atoms with E-state index in [4.69, 9.17) is 0 Å². The van der Waals surface area contributed by atoms with Gasteiger partial charge in [0.05, 0.1) is 5.92 Å². The predicted molar refractivity (Wildman–Crippen MR) is 102 cm³/mol. The van der Waals surface area contributed by atoms with Crippen LogP contribution in [0.25, 0.3) is 0 Å². The molecule has 1 aromatic carbocycles. The van der Waals surface area contributed by atoms with Crippen LogP contribution in [0.1, 0.15) is 42.3 Å². The van der Waals surface area contributed by atoms with Crippen molar-refractivity contribution in [2.24, 2.45) is 5.92 Å². The second-order valence-corrected chi connectivity index (χ2v) is 7.82. The molecule has 2 heterocycles. The van der Waals surface area contributed by atoms with Crippen molar-refractivity contribution in [3.63, 3.8) is 0 Å². The summed E-state index contributed by atoms with van der Waals surface area (Å²) >= 11 is 1.41. The molecule has 0 aliphatic carbocycles. The number of carbonyl (C=O) groups excluding carboxylic acids is 2. The molecule has 1 fully saturated rings. The van der Waals surface area contributed by atoms with Gasteiger partial charge < -0.3 is 10.2 Å². The number of unbranched alkanes of at least 4 members (excludes halogenated alkanes) is 1. The minimum Gasteiger partial charge on any atom is -0.338 e. The molecule has 6 nitrogen and oxygen atoms in total. The minimum atomic E-state index is -0.337. The van der Waals surface area contributed by atoms with Gasteiger partial charge in [0.25, 0.3) is 0 Å². The monoisotopic (exact) mass is 372 g/mol. The third-order valence-electron chi connectivity index (χ3n) is 4.52. The van der Waals surface area contributed by atoms with Crippen molar-refractivity contribution in [1.82, 2.24) is 15.1 Å². The molecule has 3 rings (SSSR count). The van der Waals surface area contributed by atoms with Crippen molar-refractivity contribution in [2.75, 3.05) is 11.9 Å². The molecule has 0 radical (unpaired) electrons. The number of nitrogens with one attached hydrogen (secondary N) is 1. The number of amides is 2. The lowest BCUT2D eigenvalue weighted by molar-refractivity contribution is -0.128. The Morgan fingerprint density at radius 2 is 2.08 bits per heavy atom. The zero-order chi connectivity index (χ0) is 18.5. The van der Waals surface area contributed by atoms with Crippen molar-refractivity contribution in [2.45, 2.75) is 46.1 Å². The Morgan fingerprint density at radius 1 is 1.31 bits per heavy atom. The highest BCUT2D eigenvalue weighted by atomic mass is 32.1. The molecule has 2 aromatic rings. The number of benzene rings is 1. The quantitative estimate of drug-likeness (QED) is 0.810. The first-order valence-corrected chi connectivity index (χ1v) is 9.83. The van der Waals surface area contributed by atoms with Crippen LogP contribution in [0, 0.1) is 12.8 Å². The third-order valence-corrected chi connectivity index (χ3v) is 5.42. The lowest BCUT2D eigenvalue weighted by Gasteiger charge is -2.16.